The highest BCUT2D eigenvalue weighted by molar-refractivity contribution is 7.89. The fourth-order valence-electron chi connectivity index (χ4n) is 9.25. The van der Waals surface area contributed by atoms with Crippen molar-refractivity contribution in [3.05, 3.63) is 83.6 Å². The summed E-state index contributed by atoms with van der Waals surface area (Å²) in [5.41, 5.74) is 10.9. The second-order valence-corrected chi connectivity index (χ2v) is 19.8. The summed E-state index contributed by atoms with van der Waals surface area (Å²) < 4.78 is 35.8. The molecule has 4 heterocycles. The van der Waals surface area contributed by atoms with E-state index in [1.54, 1.807) is 36.4 Å². The molecule has 3 amide bonds. The van der Waals surface area contributed by atoms with E-state index in [9.17, 15) is 32.4 Å². The second-order valence-electron chi connectivity index (χ2n) is 16.9. The van der Waals surface area contributed by atoms with Gasteiger partial charge in [-0.2, -0.15) is 0 Å². The standard InChI is InChI=1S/C46H52N6O8S2/c1-28(2)62(58,59)49-20-16-31(17-21-49)51-27-36(29-8-6-9-30(24-29)43(47)61)34-14-12-32(25-39(34)51)50-22-18-37(45(50)56)48-19-4-3-5-23-60-41-11-7-10-35-42(41)46(57)52(44(35)55)38-15-13-33(53)26-40(38)54/h6-12,14,24-25,27-28,31,37-38,48H,3-5,13,15-23,26H2,1-2H3,(H2,47,61). The molecule has 0 spiro atoms. The van der Waals surface area contributed by atoms with Crippen LogP contribution in [0.25, 0.3) is 22.0 Å². The van der Waals surface area contributed by atoms with Gasteiger partial charge in [-0.15, -0.1) is 0 Å². The monoisotopic (exact) mass is 880 g/mol. The quantitative estimate of drug-likeness (QED) is 0.0662. The van der Waals surface area contributed by atoms with E-state index < -0.39 is 38.9 Å². The number of amides is 3. The highest BCUT2D eigenvalue weighted by atomic mass is 32.2. The average Bonchev–Trinajstić information content (AvgIpc) is 3.91. The largest absolute Gasteiger partial charge is 0.493 e. The Kier molecular flexibility index (Phi) is 12.5. The van der Waals surface area contributed by atoms with E-state index in [2.05, 4.69) is 28.2 Å². The minimum atomic E-state index is -3.36. The third-order valence-corrected chi connectivity index (χ3v) is 15.2. The Morgan fingerprint density at radius 1 is 0.887 bits per heavy atom. The van der Waals surface area contributed by atoms with Gasteiger partial charge >= 0.3 is 0 Å². The maximum Gasteiger partial charge on any atom is 0.266 e. The van der Waals surface area contributed by atoms with Gasteiger partial charge < -0.3 is 25.3 Å². The Hall–Kier alpha value is -5.29. The first-order chi connectivity index (χ1) is 29.7. The lowest BCUT2D eigenvalue weighted by Crippen LogP contribution is -2.47. The van der Waals surface area contributed by atoms with Crippen molar-refractivity contribution in [1.29, 1.82) is 0 Å². The molecule has 0 radical (unpaired) electrons. The van der Waals surface area contributed by atoms with Crippen LogP contribution in [0, 0.1) is 0 Å². The number of Topliss-reactive ketones (excluding diaryl/α,β-unsaturated/α-hetero) is 2. The first-order valence-corrected chi connectivity index (χ1v) is 23.4. The maximum absolute atomic E-state index is 13.8. The summed E-state index contributed by atoms with van der Waals surface area (Å²) in [6.45, 7) is 5.82. The second kappa shape index (κ2) is 17.8. The summed E-state index contributed by atoms with van der Waals surface area (Å²) in [6.07, 6.45) is 6.43. The number of ketones is 2. The number of nitrogens with two attached hydrogens (primary N) is 1. The third-order valence-electron chi connectivity index (χ3n) is 12.7. The molecule has 16 heteroatoms. The SMILES string of the molecule is CC(C)S(=O)(=O)N1CCC(n2cc(-c3cccc(C(N)=S)c3)c3ccc(N4CCC(NCCCCCOc5cccc6c5C(=O)N(C5CCC(=O)CC5=O)C6=O)C4=O)cc32)CC1. The third kappa shape index (κ3) is 8.32. The van der Waals surface area contributed by atoms with Gasteiger partial charge in [0.2, 0.25) is 15.9 Å². The van der Waals surface area contributed by atoms with E-state index in [0.29, 0.717) is 69.2 Å². The number of thiocarbonyl (C=S) groups is 1. The molecule has 1 aliphatic carbocycles. The molecule has 3 aliphatic heterocycles. The molecule has 2 saturated heterocycles. The molecule has 1 aromatic heterocycles. The number of carbonyl (C=O) groups is 5. The van der Waals surface area contributed by atoms with Crippen LogP contribution in [0.15, 0.2) is 66.9 Å². The first kappa shape index (κ1) is 43.4. The zero-order valence-electron chi connectivity index (χ0n) is 35.0. The van der Waals surface area contributed by atoms with E-state index in [4.69, 9.17) is 22.7 Å². The van der Waals surface area contributed by atoms with Crippen molar-refractivity contribution >= 4 is 73.1 Å². The van der Waals surface area contributed by atoms with Crippen molar-refractivity contribution in [2.75, 3.05) is 37.7 Å². The normalized spacial score (nSPS) is 20.3. The molecule has 3 N–H and O–H groups in total. The number of hydrogen-bond acceptors (Lipinski definition) is 10. The number of fused-ring (bicyclic) bond motifs is 2. The Morgan fingerprint density at radius 2 is 1.66 bits per heavy atom. The van der Waals surface area contributed by atoms with Crippen molar-refractivity contribution in [3.8, 4) is 16.9 Å². The molecule has 14 nitrogen and oxygen atoms in total. The Labute approximate surface area is 366 Å². The number of benzene rings is 3. The van der Waals surface area contributed by atoms with Crippen molar-refractivity contribution in [2.45, 2.75) is 95.0 Å². The van der Waals surface area contributed by atoms with Gasteiger partial charge in [0.25, 0.3) is 11.8 Å². The topological polar surface area (TPSA) is 181 Å². The lowest BCUT2D eigenvalue weighted by molar-refractivity contribution is -0.132. The molecule has 2 atom stereocenters. The average molecular weight is 881 g/mol. The molecule has 3 fully saturated rings. The number of imide groups is 1. The predicted octanol–water partition coefficient (Wildman–Crippen LogP) is 5.55. The van der Waals surface area contributed by atoms with Gasteiger partial charge in [-0.05, 0) is 101 Å². The fourth-order valence-corrected chi connectivity index (χ4v) is 10.7. The van der Waals surface area contributed by atoms with E-state index in [0.717, 1.165) is 51.0 Å². The van der Waals surface area contributed by atoms with E-state index in [-0.39, 0.29) is 54.2 Å². The van der Waals surface area contributed by atoms with Gasteiger partial charge in [-0.25, -0.2) is 12.7 Å². The minimum Gasteiger partial charge on any atom is -0.493 e. The number of anilines is 1. The van der Waals surface area contributed by atoms with E-state index in [1.807, 2.05) is 35.2 Å². The van der Waals surface area contributed by atoms with Crippen LogP contribution in [0.3, 0.4) is 0 Å². The molecular weight excluding hydrogens is 829 g/mol. The van der Waals surface area contributed by atoms with Gasteiger partial charge in [-0.3, -0.25) is 28.9 Å². The molecule has 3 aromatic carbocycles. The smallest absolute Gasteiger partial charge is 0.266 e. The number of rotatable bonds is 15. The number of nitrogens with one attached hydrogen (secondary N) is 1. The number of nitrogens with zero attached hydrogens (tertiary/aromatic N) is 4. The van der Waals surface area contributed by atoms with E-state index >= 15 is 0 Å². The summed E-state index contributed by atoms with van der Waals surface area (Å²) >= 11 is 5.28. The number of carbonyl (C=O) groups excluding carboxylic acids is 5. The summed E-state index contributed by atoms with van der Waals surface area (Å²) in [5, 5.41) is 3.98. The molecule has 2 unspecified atom stereocenters. The van der Waals surface area contributed by atoms with Crippen LogP contribution in [-0.2, 0) is 24.4 Å². The zero-order chi connectivity index (χ0) is 43.9. The van der Waals surface area contributed by atoms with Gasteiger partial charge in [0, 0.05) is 60.5 Å². The zero-order valence-corrected chi connectivity index (χ0v) is 36.6. The van der Waals surface area contributed by atoms with Crippen LogP contribution in [0.4, 0.5) is 5.69 Å². The molecule has 4 aromatic rings. The lowest BCUT2D eigenvalue weighted by Gasteiger charge is -2.33. The number of unbranched alkanes of at least 4 members (excludes halogenated alkanes) is 2. The Morgan fingerprint density at radius 3 is 2.40 bits per heavy atom. The van der Waals surface area contributed by atoms with Gasteiger partial charge in [-0.1, -0.05) is 42.5 Å². The molecule has 62 heavy (non-hydrogen) atoms. The van der Waals surface area contributed by atoms with Gasteiger partial charge in [0.15, 0.2) is 5.78 Å². The molecule has 326 valence electrons. The number of piperidine rings is 1. The van der Waals surface area contributed by atoms with Gasteiger partial charge in [0.1, 0.15) is 16.5 Å². The molecule has 0 bridgehead atoms. The maximum atomic E-state index is 13.8. The number of ether oxygens (including phenoxy) is 1. The van der Waals surface area contributed by atoms with Crippen LogP contribution in [-0.4, -0.2) is 107 Å². The van der Waals surface area contributed by atoms with Crippen LogP contribution < -0.4 is 20.7 Å². The summed E-state index contributed by atoms with van der Waals surface area (Å²) in [4.78, 5) is 67.8. The number of aromatic nitrogens is 1. The first-order valence-electron chi connectivity index (χ1n) is 21.5. The predicted molar refractivity (Wildman–Crippen MR) is 240 cm³/mol. The lowest BCUT2D eigenvalue weighted by atomic mass is 9.92. The highest BCUT2D eigenvalue weighted by Crippen LogP contribution is 2.39. The Balaban J connectivity index is 0.880. The molecule has 4 aliphatic rings. The molecular formula is C46H52N6O8S2. The van der Waals surface area contributed by atoms with Crippen LogP contribution in [0.2, 0.25) is 0 Å². The van der Waals surface area contributed by atoms with Crippen LogP contribution >= 0.6 is 12.2 Å². The van der Waals surface area contributed by atoms with Crippen LogP contribution in [0.1, 0.15) is 104 Å². The van der Waals surface area contributed by atoms with Gasteiger partial charge in [0.05, 0.1) is 47.0 Å². The minimum absolute atomic E-state index is 0.00934. The van der Waals surface area contributed by atoms with Crippen molar-refractivity contribution in [1.82, 2.24) is 19.1 Å². The van der Waals surface area contributed by atoms with Crippen molar-refractivity contribution < 1.29 is 37.1 Å². The number of sulfonamides is 1. The number of hydrogen-bond donors (Lipinski definition) is 2. The molecule has 8 rings (SSSR count). The van der Waals surface area contributed by atoms with Crippen molar-refractivity contribution in [3.63, 3.8) is 0 Å². The van der Waals surface area contributed by atoms with E-state index in [1.165, 1.54) is 0 Å². The summed E-state index contributed by atoms with van der Waals surface area (Å²) in [7, 11) is -3.36. The summed E-state index contributed by atoms with van der Waals surface area (Å²) in [5.74, 6) is -1.39. The Bertz CT molecular complexity index is 2580. The summed E-state index contributed by atoms with van der Waals surface area (Å²) in [6, 6.07) is 17.6. The highest BCUT2D eigenvalue weighted by Gasteiger charge is 2.46. The van der Waals surface area contributed by atoms with Crippen molar-refractivity contribution in [2.24, 2.45) is 5.73 Å². The molecule has 1 saturated carbocycles. The van der Waals surface area contributed by atoms with Crippen LogP contribution in [0.5, 0.6) is 5.75 Å². The fraction of sp³-hybridized carbons (Fsp3) is 0.435.